The van der Waals surface area contributed by atoms with Gasteiger partial charge in [0.25, 0.3) is 0 Å². The minimum Gasteiger partial charge on any atom is -0.453 e. The Labute approximate surface area is 185 Å². The van der Waals surface area contributed by atoms with Gasteiger partial charge in [0.15, 0.2) is 11.6 Å². The smallest absolute Gasteiger partial charge is 0.409 e. The number of hydrogen-bond acceptors (Lipinski definition) is 7. The Morgan fingerprint density at radius 1 is 1.26 bits per heavy atom. The van der Waals surface area contributed by atoms with E-state index in [2.05, 4.69) is 43.0 Å². The van der Waals surface area contributed by atoms with E-state index in [0.717, 1.165) is 49.7 Å². The van der Waals surface area contributed by atoms with Crippen LogP contribution in [-0.4, -0.2) is 62.4 Å². The third-order valence-corrected chi connectivity index (χ3v) is 7.50. The molecule has 0 saturated carbocycles. The highest BCUT2D eigenvalue weighted by molar-refractivity contribution is 7.10. The number of likely N-dealkylation sites (tertiary alicyclic amines) is 1. The van der Waals surface area contributed by atoms with Gasteiger partial charge in [0.2, 0.25) is 0 Å². The second-order valence-corrected chi connectivity index (χ2v) is 9.37. The number of aryl methyl sites for hydroxylation is 1. The Kier molecular flexibility index (Phi) is 5.23. The quantitative estimate of drug-likeness (QED) is 0.625. The van der Waals surface area contributed by atoms with Crippen molar-refractivity contribution >= 4 is 17.4 Å². The molecule has 2 aliphatic heterocycles. The van der Waals surface area contributed by atoms with Gasteiger partial charge in [-0.25, -0.2) is 4.79 Å². The molecule has 8 nitrogen and oxygen atoms in total. The van der Waals surface area contributed by atoms with E-state index < -0.39 is 0 Å². The van der Waals surface area contributed by atoms with E-state index in [4.69, 9.17) is 4.74 Å². The summed E-state index contributed by atoms with van der Waals surface area (Å²) in [6, 6.07) is 6.11. The van der Waals surface area contributed by atoms with Crippen LogP contribution in [0.2, 0.25) is 0 Å². The zero-order chi connectivity index (χ0) is 21.4. The first-order valence-electron chi connectivity index (χ1n) is 10.5. The number of methoxy groups -OCH3 is 1. The number of nitrogens with zero attached hydrogens (tertiary/aromatic N) is 6. The Morgan fingerprint density at radius 3 is 2.77 bits per heavy atom. The average Bonchev–Trinajstić information content (AvgIpc) is 3.42. The van der Waals surface area contributed by atoms with Crippen molar-refractivity contribution in [3.63, 3.8) is 0 Å². The Hall–Kier alpha value is -2.78. The fourth-order valence-electron chi connectivity index (χ4n) is 4.79. The summed E-state index contributed by atoms with van der Waals surface area (Å²) in [6.07, 6.45) is 5.11. The highest BCUT2D eigenvalue weighted by Gasteiger charge is 2.45. The molecule has 2 aliphatic rings. The highest BCUT2D eigenvalue weighted by atomic mass is 32.1. The molecule has 9 heteroatoms. The van der Waals surface area contributed by atoms with Crippen molar-refractivity contribution in [1.29, 1.82) is 0 Å². The highest BCUT2D eigenvalue weighted by Crippen LogP contribution is 2.39. The molecule has 1 spiro atoms. The monoisotopic (exact) mass is 438 g/mol. The number of carbonyl (C=O) groups excluding carboxylic acids is 1. The third kappa shape index (κ3) is 3.61. The first-order valence-corrected chi connectivity index (χ1v) is 11.4. The Morgan fingerprint density at radius 2 is 2.10 bits per heavy atom. The predicted molar refractivity (Wildman–Crippen MR) is 118 cm³/mol. The maximum Gasteiger partial charge on any atom is 0.409 e. The lowest BCUT2D eigenvalue weighted by molar-refractivity contribution is 0.0343. The van der Waals surface area contributed by atoms with Gasteiger partial charge >= 0.3 is 6.09 Å². The molecule has 0 aliphatic carbocycles. The number of aromatic nitrogens is 4. The third-order valence-electron chi connectivity index (χ3n) is 6.50. The second kappa shape index (κ2) is 8.05. The second-order valence-electron chi connectivity index (χ2n) is 8.37. The number of amides is 1. The van der Waals surface area contributed by atoms with E-state index >= 15 is 0 Å². The van der Waals surface area contributed by atoms with Gasteiger partial charge in [-0.2, -0.15) is 0 Å². The van der Waals surface area contributed by atoms with Crippen LogP contribution in [0.4, 0.5) is 4.79 Å². The largest absolute Gasteiger partial charge is 0.453 e. The van der Waals surface area contributed by atoms with Crippen LogP contribution in [0.25, 0.3) is 11.4 Å². The van der Waals surface area contributed by atoms with Crippen LogP contribution in [-0.2, 0) is 23.4 Å². The van der Waals surface area contributed by atoms with Gasteiger partial charge in [-0.1, -0.05) is 0 Å². The van der Waals surface area contributed by atoms with Crippen LogP contribution in [0, 0.1) is 6.92 Å². The number of pyridine rings is 1. The molecule has 0 unspecified atom stereocenters. The summed E-state index contributed by atoms with van der Waals surface area (Å²) in [4.78, 5) is 22.4. The van der Waals surface area contributed by atoms with Crippen LogP contribution in [0.3, 0.4) is 0 Å². The summed E-state index contributed by atoms with van der Waals surface area (Å²) in [5.41, 5.74) is 2.06. The summed E-state index contributed by atoms with van der Waals surface area (Å²) in [5.74, 6) is 1.63. The Bertz CT molecular complexity index is 1070. The molecule has 3 aromatic heterocycles. The summed E-state index contributed by atoms with van der Waals surface area (Å²) < 4.78 is 7.32. The number of thiophene rings is 1. The van der Waals surface area contributed by atoms with Gasteiger partial charge in [0.05, 0.1) is 19.2 Å². The maximum atomic E-state index is 12.4. The average molecular weight is 439 g/mol. The molecular weight excluding hydrogens is 412 g/mol. The van der Waals surface area contributed by atoms with Crippen molar-refractivity contribution in [3.05, 3.63) is 52.2 Å². The van der Waals surface area contributed by atoms with Gasteiger partial charge in [-0.3, -0.25) is 14.8 Å². The summed E-state index contributed by atoms with van der Waals surface area (Å²) >= 11 is 1.82. The van der Waals surface area contributed by atoms with Crippen molar-refractivity contribution in [2.24, 2.45) is 0 Å². The van der Waals surface area contributed by atoms with Gasteiger partial charge < -0.3 is 9.30 Å². The normalized spacial score (nSPS) is 18.2. The molecule has 1 fully saturated rings. The minimum atomic E-state index is -0.312. The zero-order valence-corrected chi connectivity index (χ0v) is 18.6. The molecule has 0 N–H and O–H groups in total. The molecule has 0 atom stereocenters. The molecule has 0 radical (unpaired) electrons. The topological polar surface area (TPSA) is 76.4 Å². The van der Waals surface area contributed by atoms with Crippen LogP contribution < -0.4 is 0 Å². The summed E-state index contributed by atoms with van der Waals surface area (Å²) in [5, 5.41) is 11.1. The van der Waals surface area contributed by atoms with Crippen LogP contribution >= 0.6 is 11.3 Å². The van der Waals surface area contributed by atoms with Crippen LogP contribution in [0.1, 0.15) is 29.1 Å². The van der Waals surface area contributed by atoms with Crippen LogP contribution in [0.15, 0.2) is 36.0 Å². The SMILES string of the molecule is COC(=O)N1Cc2nnc(-c3cccnc3)n2C2(CCN(Cc3sccc3C)CC2)C1. The number of rotatable bonds is 3. The van der Waals surface area contributed by atoms with Gasteiger partial charge in [-0.05, 0) is 48.9 Å². The molecular formula is C22H26N6O2S. The summed E-state index contributed by atoms with van der Waals surface area (Å²) in [7, 11) is 1.43. The minimum absolute atomic E-state index is 0.253. The maximum absolute atomic E-state index is 12.4. The van der Waals surface area contributed by atoms with E-state index in [1.807, 2.05) is 29.7 Å². The molecule has 0 aromatic carbocycles. The first kappa shape index (κ1) is 20.1. The predicted octanol–water partition coefficient (Wildman–Crippen LogP) is 3.28. The van der Waals surface area contributed by atoms with Gasteiger partial charge in [-0.15, -0.1) is 21.5 Å². The molecule has 1 amide bonds. The molecule has 31 heavy (non-hydrogen) atoms. The lowest BCUT2D eigenvalue weighted by atomic mass is 9.84. The van der Waals surface area contributed by atoms with E-state index in [0.29, 0.717) is 13.1 Å². The number of carbonyl (C=O) groups is 1. The number of hydrogen-bond donors (Lipinski definition) is 0. The molecule has 3 aromatic rings. The first-order chi connectivity index (χ1) is 15.1. The van der Waals surface area contributed by atoms with Crippen molar-refractivity contribution in [2.45, 2.75) is 38.4 Å². The fraction of sp³-hybridized carbons (Fsp3) is 0.455. The van der Waals surface area contributed by atoms with E-state index in [1.54, 1.807) is 11.1 Å². The van der Waals surface area contributed by atoms with Crippen molar-refractivity contribution in [2.75, 3.05) is 26.7 Å². The van der Waals surface area contributed by atoms with E-state index in [-0.39, 0.29) is 11.6 Å². The van der Waals surface area contributed by atoms with E-state index in [1.165, 1.54) is 17.6 Å². The lowest BCUT2D eigenvalue weighted by Gasteiger charge is -2.48. The van der Waals surface area contributed by atoms with Crippen molar-refractivity contribution in [1.82, 2.24) is 29.5 Å². The number of piperidine rings is 1. The van der Waals surface area contributed by atoms with E-state index in [9.17, 15) is 4.79 Å². The standard InChI is InChI=1S/C22H26N6O2S/c1-16-5-11-31-18(16)13-26-9-6-22(7-10-26)15-27(21(29)30-2)14-19-24-25-20(28(19)22)17-4-3-8-23-12-17/h3-5,8,11-12H,6-7,9-10,13-15H2,1-2H3. The van der Waals surface area contributed by atoms with Crippen molar-refractivity contribution in [3.8, 4) is 11.4 Å². The fourth-order valence-corrected chi connectivity index (χ4v) is 5.74. The summed E-state index contributed by atoms with van der Waals surface area (Å²) in [6.45, 7) is 6.07. The molecule has 5 rings (SSSR count). The zero-order valence-electron chi connectivity index (χ0n) is 17.8. The number of fused-ring (bicyclic) bond motifs is 2. The van der Waals surface area contributed by atoms with Crippen LogP contribution in [0.5, 0.6) is 0 Å². The van der Waals surface area contributed by atoms with Crippen molar-refractivity contribution < 1.29 is 9.53 Å². The van der Waals surface area contributed by atoms with Gasteiger partial charge in [0.1, 0.15) is 0 Å². The van der Waals surface area contributed by atoms with Gasteiger partial charge in [0, 0.05) is 49.0 Å². The molecule has 0 bridgehead atoms. The molecule has 162 valence electrons. The molecule has 1 saturated heterocycles. The Balaban J connectivity index is 1.47. The number of ether oxygens (including phenoxy) is 1. The lowest BCUT2D eigenvalue weighted by Crippen LogP contribution is -2.57. The molecule has 5 heterocycles.